The number of thioether (sulfide) groups is 1. The van der Waals surface area contributed by atoms with Gasteiger partial charge in [-0.05, 0) is 25.8 Å². The van der Waals surface area contributed by atoms with Gasteiger partial charge in [-0.3, -0.25) is 0 Å². The fraction of sp³-hybridized carbons (Fsp3) is 0.556. The first-order chi connectivity index (χ1) is 6.29. The molecule has 1 aromatic rings. The molecule has 0 saturated heterocycles. The molecule has 72 valence electrons. The van der Waals surface area contributed by atoms with Crippen LogP contribution in [0.4, 0.5) is 0 Å². The van der Waals surface area contributed by atoms with Gasteiger partial charge < -0.3 is 5.73 Å². The Morgan fingerprint density at radius 1 is 1.46 bits per heavy atom. The van der Waals surface area contributed by atoms with Crippen molar-refractivity contribution in [2.45, 2.75) is 31.0 Å². The molecule has 1 atom stereocenters. The van der Waals surface area contributed by atoms with E-state index in [0.717, 1.165) is 23.8 Å². The molecule has 0 aliphatic carbocycles. The van der Waals surface area contributed by atoms with E-state index < -0.39 is 0 Å². The summed E-state index contributed by atoms with van der Waals surface area (Å²) in [4.78, 5) is 8.23. The van der Waals surface area contributed by atoms with Gasteiger partial charge in [-0.25, -0.2) is 9.97 Å². The summed E-state index contributed by atoms with van der Waals surface area (Å²) in [6.45, 7) is 2.03. The number of hydrogen-bond acceptors (Lipinski definition) is 4. The Kier molecular flexibility index (Phi) is 4.78. The zero-order valence-corrected chi connectivity index (χ0v) is 8.63. The average molecular weight is 197 g/mol. The van der Waals surface area contributed by atoms with E-state index in [1.165, 1.54) is 0 Å². The minimum atomic E-state index is 0.303. The molecule has 0 saturated carbocycles. The van der Waals surface area contributed by atoms with Gasteiger partial charge in [0.15, 0.2) is 5.16 Å². The summed E-state index contributed by atoms with van der Waals surface area (Å²) in [5, 5.41) is 0.854. The SMILES string of the molecule is CC(N)CCCSc1ncccn1. The molecule has 1 unspecified atom stereocenters. The van der Waals surface area contributed by atoms with E-state index in [2.05, 4.69) is 9.97 Å². The van der Waals surface area contributed by atoms with Crippen molar-refractivity contribution in [1.82, 2.24) is 9.97 Å². The molecule has 1 aromatic heterocycles. The van der Waals surface area contributed by atoms with Gasteiger partial charge in [-0.1, -0.05) is 11.8 Å². The molecule has 0 fully saturated rings. The summed E-state index contributed by atoms with van der Waals surface area (Å²) in [5.74, 6) is 1.05. The van der Waals surface area contributed by atoms with Crippen molar-refractivity contribution in [3.05, 3.63) is 18.5 Å². The molecule has 13 heavy (non-hydrogen) atoms. The van der Waals surface area contributed by atoms with Crippen LogP contribution in [0.3, 0.4) is 0 Å². The van der Waals surface area contributed by atoms with Crippen LogP contribution in [0.25, 0.3) is 0 Å². The lowest BCUT2D eigenvalue weighted by Gasteiger charge is -2.02. The molecule has 0 amide bonds. The summed E-state index contributed by atoms with van der Waals surface area (Å²) in [6.07, 6.45) is 5.72. The van der Waals surface area contributed by atoms with Gasteiger partial charge in [-0.15, -0.1) is 0 Å². The molecule has 1 heterocycles. The molecule has 0 bridgehead atoms. The Labute approximate surface area is 83.2 Å². The molecule has 2 N–H and O–H groups in total. The van der Waals surface area contributed by atoms with Gasteiger partial charge in [0.05, 0.1) is 0 Å². The Morgan fingerprint density at radius 3 is 2.77 bits per heavy atom. The van der Waals surface area contributed by atoms with Crippen molar-refractivity contribution in [2.24, 2.45) is 5.73 Å². The first-order valence-electron chi connectivity index (χ1n) is 4.44. The molecule has 3 nitrogen and oxygen atoms in total. The Balaban J connectivity index is 2.13. The van der Waals surface area contributed by atoms with Crippen LogP contribution in [0, 0.1) is 0 Å². The van der Waals surface area contributed by atoms with Crippen molar-refractivity contribution < 1.29 is 0 Å². The Bertz CT molecular complexity index is 226. The molecule has 1 rings (SSSR count). The minimum absolute atomic E-state index is 0.303. The van der Waals surface area contributed by atoms with Crippen molar-refractivity contribution in [3.63, 3.8) is 0 Å². The normalized spacial score (nSPS) is 12.8. The van der Waals surface area contributed by atoms with Crippen LogP contribution < -0.4 is 5.73 Å². The number of nitrogens with zero attached hydrogens (tertiary/aromatic N) is 2. The van der Waals surface area contributed by atoms with Gasteiger partial charge >= 0.3 is 0 Å². The second-order valence-corrected chi connectivity index (χ2v) is 4.06. The largest absolute Gasteiger partial charge is 0.328 e. The van der Waals surface area contributed by atoms with Gasteiger partial charge in [0.2, 0.25) is 0 Å². The molecule has 0 aliphatic heterocycles. The van der Waals surface area contributed by atoms with Crippen molar-refractivity contribution >= 4 is 11.8 Å². The third-order valence-corrected chi connectivity index (χ3v) is 2.54. The second kappa shape index (κ2) is 5.94. The van der Waals surface area contributed by atoms with Crippen LogP contribution in [0.5, 0.6) is 0 Å². The van der Waals surface area contributed by atoms with Crippen LogP contribution in [0.2, 0.25) is 0 Å². The molecular formula is C9H15N3S. The summed E-state index contributed by atoms with van der Waals surface area (Å²) < 4.78 is 0. The topological polar surface area (TPSA) is 51.8 Å². The third-order valence-electron chi connectivity index (χ3n) is 1.58. The lowest BCUT2D eigenvalue weighted by molar-refractivity contribution is 0.656. The molecule has 0 radical (unpaired) electrons. The maximum atomic E-state index is 5.63. The van der Waals surface area contributed by atoms with Crippen LogP contribution in [-0.4, -0.2) is 21.8 Å². The van der Waals surface area contributed by atoms with Crippen molar-refractivity contribution in [2.75, 3.05) is 5.75 Å². The highest BCUT2D eigenvalue weighted by Crippen LogP contribution is 2.13. The standard InChI is InChI=1S/C9H15N3S/c1-8(10)4-2-7-13-9-11-5-3-6-12-9/h3,5-6,8H,2,4,7,10H2,1H3. The summed E-state index contributed by atoms with van der Waals surface area (Å²) in [7, 11) is 0. The van der Waals surface area contributed by atoms with Crippen LogP contribution in [0.1, 0.15) is 19.8 Å². The van der Waals surface area contributed by atoms with Crippen LogP contribution >= 0.6 is 11.8 Å². The van der Waals surface area contributed by atoms with E-state index in [1.807, 2.05) is 13.0 Å². The summed E-state index contributed by atoms with van der Waals surface area (Å²) >= 11 is 1.68. The number of aromatic nitrogens is 2. The van der Waals surface area contributed by atoms with E-state index >= 15 is 0 Å². The highest BCUT2D eigenvalue weighted by atomic mass is 32.2. The minimum Gasteiger partial charge on any atom is -0.328 e. The maximum absolute atomic E-state index is 5.63. The van der Waals surface area contributed by atoms with E-state index in [0.29, 0.717) is 6.04 Å². The fourth-order valence-corrected chi connectivity index (χ4v) is 1.69. The molecule has 0 aliphatic rings. The summed E-state index contributed by atoms with van der Waals surface area (Å²) in [6, 6.07) is 2.13. The Morgan fingerprint density at radius 2 is 2.15 bits per heavy atom. The zero-order chi connectivity index (χ0) is 9.52. The van der Waals surface area contributed by atoms with Crippen molar-refractivity contribution in [1.29, 1.82) is 0 Å². The molecule has 4 heteroatoms. The molecular weight excluding hydrogens is 182 g/mol. The highest BCUT2D eigenvalue weighted by Gasteiger charge is 1.97. The van der Waals surface area contributed by atoms with E-state index in [4.69, 9.17) is 5.73 Å². The number of rotatable bonds is 5. The fourth-order valence-electron chi connectivity index (χ4n) is 0.929. The van der Waals surface area contributed by atoms with E-state index in [-0.39, 0.29) is 0 Å². The highest BCUT2D eigenvalue weighted by molar-refractivity contribution is 7.99. The molecule has 0 spiro atoms. The second-order valence-electron chi connectivity index (χ2n) is 3.00. The Hall–Kier alpha value is -0.610. The zero-order valence-electron chi connectivity index (χ0n) is 7.81. The predicted octanol–water partition coefficient (Wildman–Crippen LogP) is 1.70. The predicted molar refractivity (Wildman–Crippen MR) is 55.6 cm³/mol. The van der Waals surface area contributed by atoms with Crippen LogP contribution in [0.15, 0.2) is 23.6 Å². The van der Waals surface area contributed by atoms with E-state index in [1.54, 1.807) is 24.2 Å². The van der Waals surface area contributed by atoms with Crippen LogP contribution in [-0.2, 0) is 0 Å². The number of nitrogens with two attached hydrogens (primary N) is 1. The maximum Gasteiger partial charge on any atom is 0.187 e. The monoisotopic (exact) mass is 197 g/mol. The van der Waals surface area contributed by atoms with Gasteiger partial charge in [0.1, 0.15) is 0 Å². The van der Waals surface area contributed by atoms with Crippen molar-refractivity contribution in [3.8, 4) is 0 Å². The lowest BCUT2D eigenvalue weighted by Crippen LogP contribution is -2.14. The smallest absolute Gasteiger partial charge is 0.187 e. The lowest BCUT2D eigenvalue weighted by atomic mass is 10.2. The first-order valence-corrected chi connectivity index (χ1v) is 5.43. The average Bonchev–Trinajstić information content (AvgIpc) is 2.14. The first kappa shape index (κ1) is 10.5. The van der Waals surface area contributed by atoms with Gasteiger partial charge in [0, 0.05) is 24.2 Å². The van der Waals surface area contributed by atoms with Gasteiger partial charge in [0.25, 0.3) is 0 Å². The number of hydrogen-bond donors (Lipinski definition) is 1. The van der Waals surface area contributed by atoms with Gasteiger partial charge in [-0.2, -0.15) is 0 Å². The molecule has 0 aromatic carbocycles. The van der Waals surface area contributed by atoms with E-state index in [9.17, 15) is 0 Å². The quantitative estimate of drug-likeness (QED) is 0.443. The third kappa shape index (κ3) is 4.85. The summed E-state index contributed by atoms with van der Waals surface area (Å²) in [5.41, 5.74) is 5.63.